The Kier molecular flexibility index (Phi) is 4.46. The Morgan fingerprint density at radius 3 is 2.74 bits per heavy atom. The van der Waals surface area contributed by atoms with Gasteiger partial charge in [-0.1, -0.05) is 39.0 Å². The van der Waals surface area contributed by atoms with Crippen molar-refractivity contribution >= 4 is 5.91 Å². The average Bonchev–Trinajstić information content (AvgIpc) is 3.12. The molecule has 3 nitrogen and oxygen atoms in total. The molecule has 1 aliphatic carbocycles. The Labute approximate surface area is 115 Å². The van der Waals surface area contributed by atoms with Gasteiger partial charge in [0.25, 0.3) is 0 Å². The summed E-state index contributed by atoms with van der Waals surface area (Å²) in [6.45, 7) is 7.52. The lowest BCUT2D eigenvalue weighted by molar-refractivity contribution is -0.122. The molecule has 0 unspecified atom stereocenters. The van der Waals surface area contributed by atoms with E-state index < -0.39 is 0 Å². The van der Waals surface area contributed by atoms with E-state index in [9.17, 15) is 4.79 Å². The molecule has 19 heavy (non-hydrogen) atoms. The number of rotatable bonds is 6. The van der Waals surface area contributed by atoms with E-state index in [2.05, 4.69) is 32.2 Å². The second-order valence-electron chi connectivity index (χ2n) is 5.65. The lowest BCUT2D eigenvalue weighted by atomic mass is 10.0. The zero-order valence-corrected chi connectivity index (χ0v) is 12.0. The number of carbonyl (C=O) groups excluding carboxylic acids is 1. The molecule has 2 rings (SSSR count). The molecule has 1 aromatic rings. The molecule has 0 heterocycles. The van der Waals surface area contributed by atoms with Gasteiger partial charge in [-0.2, -0.15) is 0 Å². The molecular weight excluding hydrogens is 238 g/mol. The second-order valence-corrected chi connectivity index (χ2v) is 5.65. The third-order valence-electron chi connectivity index (χ3n) is 3.65. The molecule has 1 N–H and O–H groups in total. The fraction of sp³-hybridized carbons (Fsp3) is 0.562. The lowest BCUT2D eigenvalue weighted by Crippen LogP contribution is -2.29. The Morgan fingerprint density at radius 1 is 1.42 bits per heavy atom. The van der Waals surface area contributed by atoms with Gasteiger partial charge in [0.2, 0.25) is 5.91 Å². The van der Waals surface area contributed by atoms with Gasteiger partial charge in [0.15, 0.2) is 0 Å². The molecule has 0 spiro atoms. The van der Waals surface area contributed by atoms with Gasteiger partial charge in [-0.25, -0.2) is 0 Å². The van der Waals surface area contributed by atoms with Crippen molar-refractivity contribution < 1.29 is 9.53 Å². The number of carbonyl (C=O) groups is 1. The van der Waals surface area contributed by atoms with Gasteiger partial charge in [0.05, 0.1) is 6.54 Å². The van der Waals surface area contributed by atoms with E-state index in [-0.39, 0.29) is 11.8 Å². The fourth-order valence-electron chi connectivity index (χ4n) is 2.24. The molecule has 1 amide bonds. The zero-order valence-electron chi connectivity index (χ0n) is 12.0. The summed E-state index contributed by atoms with van der Waals surface area (Å²) in [5, 5.41) is 2.93. The van der Waals surface area contributed by atoms with Crippen molar-refractivity contribution in [3.63, 3.8) is 0 Å². The first-order valence-electron chi connectivity index (χ1n) is 7.09. The molecule has 2 atom stereocenters. The zero-order chi connectivity index (χ0) is 13.8. The highest BCUT2D eigenvalue weighted by Crippen LogP contribution is 2.37. The molecule has 104 valence electrons. The molecule has 1 aromatic carbocycles. The molecule has 0 radical (unpaired) electrons. The number of benzene rings is 1. The van der Waals surface area contributed by atoms with E-state index in [1.807, 2.05) is 18.2 Å². The van der Waals surface area contributed by atoms with Crippen LogP contribution < -0.4 is 10.1 Å². The number of ether oxygens (including phenoxy) is 1. The maximum absolute atomic E-state index is 11.6. The predicted molar refractivity (Wildman–Crippen MR) is 76.3 cm³/mol. The molecule has 3 heteroatoms. The standard InChI is InChI=1S/C16H23NO2/c1-11(2)13-6-4-5-7-15(13)19-9-8-17-16(18)14-10-12(14)3/h4-7,11-12,14H,8-10H2,1-3H3,(H,17,18)/t12-,14+/m1/s1. The average molecular weight is 261 g/mol. The SMILES string of the molecule is CC(C)c1ccccc1OCCNC(=O)[C@H]1C[C@H]1C. The summed E-state index contributed by atoms with van der Waals surface area (Å²) in [7, 11) is 0. The quantitative estimate of drug-likeness (QED) is 0.800. The molecule has 1 aliphatic rings. The second kappa shape index (κ2) is 6.09. The van der Waals surface area contributed by atoms with Crippen molar-refractivity contribution in [2.24, 2.45) is 11.8 Å². The summed E-state index contributed by atoms with van der Waals surface area (Å²) in [4.78, 5) is 11.6. The van der Waals surface area contributed by atoms with Gasteiger partial charge >= 0.3 is 0 Å². The van der Waals surface area contributed by atoms with Crippen LogP contribution in [0.2, 0.25) is 0 Å². The third kappa shape index (κ3) is 3.72. The van der Waals surface area contributed by atoms with E-state index in [1.165, 1.54) is 5.56 Å². The molecular formula is C16H23NO2. The van der Waals surface area contributed by atoms with E-state index in [4.69, 9.17) is 4.74 Å². The van der Waals surface area contributed by atoms with Crippen molar-refractivity contribution in [2.75, 3.05) is 13.2 Å². The topological polar surface area (TPSA) is 38.3 Å². The van der Waals surface area contributed by atoms with E-state index in [0.29, 0.717) is 25.0 Å². The number of para-hydroxylation sites is 1. The van der Waals surface area contributed by atoms with Gasteiger partial charge in [0.1, 0.15) is 12.4 Å². The van der Waals surface area contributed by atoms with Crippen LogP contribution in [0, 0.1) is 11.8 Å². The Morgan fingerprint density at radius 2 is 2.11 bits per heavy atom. The van der Waals surface area contributed by atoms with Crippen molar-refractivity contribution in [2.45, 2.75) is 33.1 Å². The minimum absolute atomic E-state index is 0.174. The Hall–Kier alpha value is -1.51. The normalized spacial score (nSPS) is 21.3. The monoisotopic (exact) mass is 261 g/mol. The molecule has 0 bridgehead atoms. The van der Waals surface area contributed by atoms with Crippen LogP contribution in [-0.4, -0.2) is 19.1 Å². The van der Waals surface area contributed by atoms with Crippen LogP contribution >= 0.6 is 0 Å². The fourth-order valence-corrected chi connectivity index (χ4v) is 2.24. The van der Waals surface area contributed by atoms with E-state index >= 15 is 0 Å². The van der Waals surface area contributed by atoms with Crippen molar-refractivity contribution in [3.05, 3.63) is 29.8 Å². The van der Waals surface area contributed by atoms with Crippen LogP contribution in [-0.2, 0) is 4.79 Å². The first kappa shape index (κ1) is 13.9. The third-order valence-corrected chi connectivity index (χ3v) is 3.65. The molecule has 1 fully saturated rings. The van der Waals surface area contributed by atoms with Crippen LogP contribution in [0.25, 0.3) is 0 Å². The van der Waals surface area contributed by atoms with Gasteiger partial charge in [-0.15, -0.1) is 0 Å². The van der Waals surface area contributed by atoms with Crippen molar-refractivity contribution in [3.8, 4) is 5.75 Å². The van der Waals surface area contributed by atoms with Gasteiger partial charge in [-0.05, 0) is 29.9 Å². The smallest absolute Gasteiger partial charge is 0.223 e. The van der Waals surface area contributed by atoms with Crippen LogP contribution in [0.4, 0.5) is 0 Å². The van der Waals surface area contributed by atoms with E-state index in [0.717, 1.165) is 12.2 Å². The van der Waals surface area contributed by atoms with Gasteiger partial charge in [0, 0.05) is 5.92 Å². The molecule has 0 aliphatic heterocycles. The van der Waals surface area contributed by atoms with Crippen molar-refractivity contribution in [1.29, 1.82) is 0 Å². The predicted octanol–water partition coefficient (Wildman–Crippen LogP) is 2.96. The molecule has 1 saturated carbocycles. The minimum Gasteiger partial charge on any atom is -0.491 e. The summed E-state index contributed by atoms with van der Waals surface area (Å²) in [5.41, 5.74) is 1.21. The largest absolute Gasteiger partial charge is 0.491 e. The number of hydrogen-bond donors (Lipinski definition) is 1. The van der Waals surface area contributed by atoms with Crippen LogP contribution in [0.1, 0.15) is 38.7 Å². The Balaban J connectivity index is 1.75. The highest BCUT2D eigenvalue weighted by atomic mass is 16.5. The highest BCUT2D eigenvalue weighted by Gasteiger charge is 2.38. The van der Waals surface area contributed by atoms with E-state index in [1.54, 1.807) is 0 Å². The molecule has 0 aromatic heterocycles. The Bertz CT molecular complexity index is 442. The minimum atomic E-state index is 0.174. The first-order valence-corrected chi connectivity index (χ1v) is 7.09. The number of hydrogen-bond acceptors (Lipinski definition) is 2. The summed E-state index contributed by atoms with van der Waals surface area (Å²) in [5.74, 6) is 2.34. The van der Waals surface area contributed by atoms with Crippen LogP contribution in [0.15, 0.2) is 24.3 Å². The van der Waals surface area contributed by atoms with Gasteiger partial charge < -0.3 is 10.1 Å². The first-order chi connectivity index (χ1) is 9.09. The molecule has 0 saturated heterocycles. The summed E-state index contributed by atoms with van der Waals surface area (Å²) >= 11 is 0. The number of amides is 1. The van der Waals surface area contributed by atoms with Gasteiger partial charge in [-0.3, -0.25) is 4.79 Å². The maximum atomic E-state index is 11.6. The van der Waals surface area contributed by atoms with Crippen LogP contribution in [0.5, 0.6) is 5.75 Å². The lowest BCUT2D eigenvalue weighted by Gasteiger charge is -2.14. The summed E-state index contributed by atoms with van der Waals surface area (Å²) in [6, 6.07) is 8.08. The van der Waals surface area contributed by atoms with Crippen molar-refractivity contribution in [1.82, 2.24) is 5.32 Å². The van der Waals surface area contributed by atoms with Crippen LogP contribution in [0.3, 0.4) is 0 Å². The highest BCUT2D eigenvalue weighted by molar-refractivity contribution is 5.81. The summed E-state index contributed by atoms with van der Waals surface area (Å²) in [6.07, 6.45) is 1.03. The maximum Gasteiger partial charge on any atom is 0.223 e. The summed E-state index contributed by atoms with van der Waals surface area (Å²) < 4.78 is 5.76. The number of nitrogens with one attached hydrogen (secondary N) is 1.